The summed E-state index contributed by atoms with van der Waals surface area (Å²) in [5.41, 5.74) is -0.743. The minimum atomic E-state index is -4.37. The molecule has 8 heteroatoms. The van der Waals surface area contributed by atoms with Gasteiger partial charge < -0.3 is 14.7 Å². The van der Waals surface area contributed by atoms with Gasteiger partial charge in [-0.1, -0.05) is 0 Å². The summed E-state index contributed by atoms with van der Waals surface area (Å²) in [5, 5.41) is 0. The van der Waals surface area contributed by atoms with E-state index in [0.29, 0.717) is 18.9 Å². The van der Waals surface area contributed by atoms with Gasteiger partial charge in [-0.2, -0.15) is 13.2 Å². The van der Waals surface area contributed by atoms with E-state index in [0.717, 1.165) is 25.1 Å². The van der Waals surface area contributed by atoms with Crippen molar-refractivity contribution in [2.24, 2.45) is 0 Å². The molecular formula is C15H21F3N4O. The van der Waals surface area contributed by atoms with E-state index < -0.39 is 11.7 Å². The molecule has 0 unspecified atom stereocenters. The smallest absolute Gasteiger partial charge is 0.356 e. The quantitative estimate of drug-likeness (QED) is 0.837. The zero-order chi connectivity index (χ0) is 17.2. The maximum Gasteiger partial charge on any atom is 0.417 e. The van der Waals surface area contributed by atoms with E-state index in [2.05, 4.69) is 4.98 Å². The van der Waals surface area contributed by atoms with Crippen molar-refractivity contribution in [2.45, 2.75) is 25.1 Å². The summed E-state index contributed by atoms with van der Waals surface area (Å²) in [6.07, 6.45) is -1.98. The molecule has 1 aliphatic heterocycles. The summed E-state index contributed by atoms with van der Waals surface area (Å²) in [6, 6.07) is 2.54. The molecule has 0 aromatic carbocycles. The third kappa shape index (κ3) is 4.05. The maximum atomic E-state index is 12.5. The highest BCUT2D eigenvalue weighted by atomic mass is 19.4. The molecule has 1 aromatic heterocycles. The van der Waals surface area contributed by atoms with E-state index in [4.69, 9.17) is 0 Å². The standard InChI is InChI=1S/C15H21F3N4O/c1-20(2)14(23)21(3)12-6-8-22(9-7-12)13-5-4-11(10-19-13)15(16,17)18/h4-5,10,12H,6-9H2,1-3H3. The summed E-state index contributed by atoms with van der Waals surface area (Å²) in [7, 11) is 5.19. The zero-order valence-corrected chi connectivity index (χ0v) is 13.5. The fourth-order valence-corrected chi connectivity index (χ4v) is 2.69. The first kappa shape index (κ1) is 17.4. The van der Waals surface area contributed by atoms with Crippen molar-refractivity contribution in [1.82, 2.24) is 14.8 Å². The van der Waals surface area contributed by atoms with Crippen molar-refractivity contribution in [2.75, 3.05) is 39.1 Å². The fraction of sp³-hybridized carbons (Fsp3) is 0.600. The summed E-state index contributed by atoms with van der Waals surface area (Å²) in [4.78, 5) is 21.1. The fourth-order valence-electron chi connectivity index (χ4n) is 2.69. The molecule has 128 valence electrons. The second-order valence-electron chi connectivity index (χ2n) is 5.91. The number of piperidine rings is 1. The van der Waals surface area contributed by atoms with Crippen LogP contribution in [0.3, 0.4) is 0 Å². The van der Waals surface area contributed by atoms with Crippen LogP contribution in [0.25, 0.3) is 0 Å². The lowest BCUT2D eigenvalue weighted by molar-refractivity contribution is -0.137. The molecule has 5 nitrogen and oxygen atoms in total. The highest BCUT2D eigenvalue weighted by Crippen LogP contribution is 2.30. The second-order valence-corrected chi connectivity index (χ2v) is 5.91. The first-order valence-electron chi connectivity index (χ1n) is 7.42. The Morgan fingerprint density at radius 1 is 1.22 bits per heavy atom. The Balaban J connectivity index is 1.95. The van der Waals surface area contributed by atoms with Crippen LogP contribution in [-0.4, -0.2) is 61.1 Å². The van der Waals surface area contributed by atoms with Gasteiger partial charge in [0.2, 0.25) is 0 Å². The van der Waals surface area contributed by atoms with Gasteiger partial charge in [-0.25, -0.2) is 9.78 Å². The van der Waals surface area contributed by atoms with Crippen molar-refractivity contribution < 1.29 is 18.0 Å². The van der Waals surface area contributed by atoms with Crippen LogP contribution in [0.2, 0.25) is 0 Å². The van der Waals surface area contributed by atoms with E-state index in [1.165, 1.54) is 11.0 Å². The van der Waals surface area contributed by atoms with Gasteiger partial charge in [0.05, 0.1) is 5.56 Å². The molecule has 1 fully saturated rings. The van der Waals surface area contributed by atoms with Gasteiger partial charge in [0.25, 0.3) is 0 Å². The number of halogens is 3. The third-order valence-electron chi connectivity index (χ3n) is 4.10. The lowest BCUT2D eigenvalue weighted by Crippen LogP contribution is -2.48. The van der Waals surface area contributed by atoms with Crippen LogP contribution < -0.4 is 4.90 Å². The maximum absolute atomic E-state index is 12.5. The molecule has 1 aliphatic rings. The summed E-state index contributed by atoms with van der Waals surface area (Å²) in [5.74, 6) is 0.540. The topological polar surface area (TPSA) is 39.7 Å². The lowest BCUT2D eigenvalue weighted by Gasteiger charge is -2.38. The Morgan fingerprint density at radius 2 is 1.83 bits per heavy atom. The molecule has 0 aliphatic carbocycles. The Morgan fingerprint density at radius 3 is 2.26 bits per heavy atom. The normalized spacial score (nSPS) is 16.3. The van der Waals surface area contributed by atoms with Crippen LogP contribution in [0, 0.1) is 0 Å². The van der Waals surface area contributed by atoms with Crippen molar-refractivity contribution >= 4 is 11.8 Å². The van der Waals surface area contributed by atoms with Crippen LogP contribution in [0.5, 0.6) is 0 Å². The van der Waals surface area contributed by atoms with Gasteiger partial charge in [0.1, 0.15) is 5.82 Å². The Labute approximate surface area is 133 Å². The Bertz CT molecular complexity index is 537. The highest BCUT2D eigenvalue weighted by Gasteiger charge is 2.31. The van der Waals surface area contributed by atoms with Gasteiger partial charge in [-0.15, -0.1) is 0 Å². The van der Waals surface area contributed by atoms with Crippen LogP contribution in [0.15, 0.2) is 18.3 Å². The van der Waals surface area contributed by atoms with Crippen molar-refractivity contribution in [3.63, 3.8) is 0 Å². The van der Waals surface area contributed by atoms with Gasteiger partial charge in [0, 0.05) is 46.5 Å². The number of rotatable bonds is 2. The number of carbonyl (C=O) groups excluding carboxylic acids is 1. The second kappa shape index (κ2) is 6.64. The summed E-state index contributed by atoms with van der Waals surface area (Å²) < 4.78 is 37.6. The molecule has 0 spiro atoms. The molecule has 0 bridgehead atoms. The number of anilines is 1. The van der Waals surface area contributed by atoms with Gasteiger partial charge in [-0.05, 0) is 25.0 Å². The van der Waals surface area contributed by atoms with Crippen molar-refractivity contribution in [1.29, 1.82) is 0 Å². The summed E-state index contributed by atoms with van der Waals surface area (Å²) in [6.45, 7) is 1.32. The first-order chi connectivity index (χ1) is 10.7. The number of urea groups is 1. The average molecular weight is 330 g/mol. The molecule has 0 saturated carbocycles. The number of alkyl halides is 3. The number of amides is 2. The van der Waals surface area contributed by atoms with E-state index in [1.807, 2.05) is 4.90 Å². The van der Waals surface area contributed by atoms with Crippen molar-refractivity contribution in [3.05, 3.63) is 23.9 Å². The number of hydrogen-bond donors (Lipinski definition) is 0. The van der Waals surface area contributed by atoms with Gasteiger partial charge >= 0.3 is 12.2 Å². The minimum Gasteiger partial charge on any atom is -0.356 e. The van der Waals surface area contributed by atoms with Crippen molar-refractivity contribution in [3.8, 4) is 0 Å². The molecule has 23 heavy (non-hydrogen) atoms. The molecule has 0 N–H and O–H groups in total. The first-order valence-corrected chi connectivity index (χ1v) is 7.42. The number of pyridine rings is 1. The number of aromatic nitrogens is 1. The van der Waals surface area contributed by atoms with Gasteiger partial charge in [0.15, 0.2) is 0 Å². The van der Waals surface area contributed by atoms with E-state index in [9.17, 15) is 18.0 Å². The number of hydrogen-bond acceptors (Lipinski definition) is 3. The highest BCUT2D eigenvalue weighted by molar-refractivity contribution is 5.73. The van der Waals surface area contributed by atoms with E-state index >= 15 is 0 Å². The predicted molar refractivity (Wildman–Crippen MR) is 81.3 cm³/mol. The van der Waals surface area contributed by atoms with Crippen LogP contribution in [0.4, 0.5) is 23.8 Å². The molecule has 0 radical (unpaired) electrons. The van der Waals surface area contributed by atoms with Crippen LogP contribution in [-0.2, 0) is 6.18 Å². The Hall–Kier alpha value is -1.99. The largest absolute Gasteiger partial charge is 0.417 e. The number of carbonyl (C=O) groups is 1. The average Bonchev–Trinajstić information content (AvgIpc) is 2.53. The molecule has 2 rings (SSSR count). The van der Waals surface area contributed by atoms with E-state index in [-0.39, 0.29) is 12.1 Å². The third-order valence-corrected chi connectivity index (χ3v) is 4.10. The molecular weight excluding hydrogens is 309 g/mol. The number of nitrogens with zero attached hydrogens (tertiary/aromatic N) is 4. The Kier molecular flexibility index (Phi) is 5.01. The van der Waals surface area contributed by atoms with E-state index in [1.54, 1.807) is 26.0 Å². The van der Waals surface area contributed by atoms with Gasteiger partial charge in [-0.3, -0.25) is 0 Å². The monoisotopic (exact) mass is 330 g/mol. The van der Waals surface area contributed by atoms with Crippen LogP contribution in [0.1, 0.15) is 18.4 Å². The lowest BCUT2D eigenvalue weighted by atomic mass is 10.0. The SMILES string of the molecule is CN(C)C(=O)N(C)C1CCN(c2ccc(C(F)(F)F)cn2)CC1. The molecule has 2 amide bonds. The molecule has 1 saturated heterocycles. The zero-order valence-electron chi connectivity index (χ0n) is 13.5. The van der Waals surface area contributed by atoms with Crippen LogP contribution >= 0.6 is 0 Å². The predicted octanol–water partition coefficient (Wildman–Crippen LogP) is 2.68. The molecule has 2 heterocycles. The summed E-state index contributed by atoms with van der Waals surface area (Å²) >= 11 is 0. The molecule has 1 aromatic rings. The minimum absolute atomic E-state index is 0.0453. The molecule has 0 atom stereocenters.